The van der Waals surface area contributed by atoms with Gasteiger partial charge in [-0.15, -0.1) is 0 Å². The van der Waals surface area contributed by atoms with Crippen LogP contribution in [0.15, 0.2) is 18.2 Å². The van der Waals surface area contributed by atoms with Crippen molar-refractivity contribution < 1.29 is 0 Å². The lowest BCUT2D eigenvalue weighted by Gasteiger charge is -2.26. The van der Waals surface area contributed by atoms with Gasteiger partial charge in [0.2, 0.25) is 0 Å². The first-order valence-electron chi connectivity index (χ1n) is 6.17. The molecule has 0 aromatic heterocycles. The average molecular weight is 203 g/mol. The van der Waals surface area contributed by atoms with Crippen LogP contribution in [-0.4, -0.2) is 6.54 Å². The minimum absolute atomic E-state index is 0.740. The first-order valence-corrected chi connectivity index (χ1v) is 6.17. The normalized spacial score (nSPS) is 20.0. The summed E-state index contributed by atoms with van der Waals surface area (Å²) in [6, 6.07) is 7.03. The van der Waals surface area contributed by atoms with Gasteiger partial charge in [-0.1, -0.05) is 38.5 Å². The molecule has 1 aromatic rings. The highest BCUT2D eigenvalue weighted by Crippen LogP contribution is 2.28. The molecule has 0 saturated carbocycles. The molecule has 0 saturated heterocycles. The van der Waals surface area contributed by atoms with E-state index >= 15 is 0 Å². The number of nitrogens with one attached hydrogen (secondary N) is 1. The smallest absolute Gasteiger partial charge is 0.0208 e. The minimum atomic E-state index is 0.740. The van der Waals surface area contributed by atoms with Crippen LogP contribution < -0.4 is 5.32 Å². The van der Waals surface area contributed by atoms with Crippen molar-refractivity contribution in [3.8, 4) is 0 Å². The molecule has 1 heteroatoms. The molecule has 2 rings (SSSR count). The van der Waals surface area contributed by atoms with E-state index in [9.17, 15) is 0 Å². The largest absolute Gasteiger partial charge is 0.312 e. The van der Waals surface area contributed by atoms with E-state index in [2.05, 4.69) is 37.4 Å². The Bertz CT molecular complexity index is 330. The molecule has 1 nitrogen and oxygen atoms in total. The summed E-state index contributed by atoms with van der Waals surface area (Å²) in [5, 5.41) is 3.53. The van der Waals surface area contributed by atoms with Gasteiger partial charge in [0.05, 0.1) is 0 Å². The van der Waals surface area contributed by atoms with Gasteiger partial charge in [-0.05, 0) is 35.4 Å². The quantitative estimate of drug-likeness (QED) is 0.795. The molecule has 15 heavy (non-hydrogen) atoms. The Kier molecular flexibility index (Phi) is 3.42. The van der Waals surface area contributed by atoms with Crippen molar-refractivity contribution in [3.63, 3.8) is 0 Å². The number of aryl methyl sites for hydroxylation is 1. The molecular formula is C14H21N. The van der Waals surface area contributed by atoms with E-state index in [1.165, 1.54) is 24.0 Å². The van der Waals surface area contributed by atoms with E-state index in [0.717, 1.165) is 25.4 Å². The van der Waals surface area contributed by atoms with Gasteiger partial charge >= 0.3 is 0 Å². The van der Waals surface area contributed by atoms with Gasteiger partial charge in [0, 0.05) is 13.1 Å². The Labute approximate surface area is 92.9 Å². The summed E-state index contributed by atoms with van der Waals surface area (Å²) < 4.78 is 0. The van der Waals surface area contributed by atoms with Crippen molar-refractivity contribution in [2.45, 2.75) is 45.6 Å². The van der Waals surface area contributed by atoms with Gasteiger partial charge < -0.3 is 5.32 Å². The lowest BCUT2D eigenvalue weighted by atomic mass is 9.86. The van der Waals surface area contributed by atoms with E-state index in [0.29, 0.717) is 0 Å². The summed E-state index contributed by atoms with van der Waals surface area (Å²) >= 11 is 0. The second-order valence-corrected chi connectivity index (χ2v) is 4.50. The summed E-state index contributed by atoms with van der Waals surface area (Å²) in [4.78, 5) is 0. The second kappa shape index (κ2) is 4.80. The standard InChI is InChI=1S/C14H21N/c1-3-5-12-9-15-10-13-8-11(4-2)6-7-14(12)13/h6-8,12,15H,3-5,9-10H2,1-2H3. The van der Waals surface area contributed by atoms with Gasteiger partial charge in [-0.2, -0.15) is 0 Å². The summed E-state index contributed by atoms with van der Waals surface area (Å²) in [5.74, 6) is 0.740. The van der Waals surface area contributed by atoms with Gasteiger partial charge in [-0.3, -0.25) is 0 Å². The van der Waals surface area contributed by atoms with E-state index in [-0.39, 0.29) is 0 Å². The van der Waals surface area contributed by atoms with Crippen molar-refractivity contribution >= 4 is 0 Å². The molecule has 0 bridgehead atoms. The fourth-order valence-electron chi connectivity index (χ4n) is 2.53. The first-order chi connectivity index (χ1) is 7.35. The SMILES string of the molecule is CCCC1CNCc2cc(CC)ccc21. The summed E-state index contributed by atoms with van der Waals surface area (Å²) in [5.41, 5.74) is 4.58. The van der Waals surface area contributed by atoms with E-state index < -0.39 is 0 Å². The van der Waals surface area contributed by atoms with Crippen LogP contribution in [0.2, 0.25) is 0 Å². The number of hydrogen-bond donors (Lipinski definition) is 1. The third kappa shape index (κ3) is 2.23. The average Bonchev–Trinajstić information content (AvgIpc) is 2.29. The van der Waals surface area contributed by atoms with Gasteiger partial charge in [-0.25, -0.2) is 0 Å². The van der Waals surface area contributed by atoms with Crippen molar-refractivity contribution in [2.75, 3.05) is 6.54 Å². The molecule has 1 N–H and O–H groups in total. The highest BCUT2D eigenvalue weighted by Gasteiger charge is 2.18. The van der Waals surface area contributed by atoms with Crippen LogP contribution in [0.5, 0.6) is 0 Å². The Morgan fingerprint density at radius 1 is 1.33 bits per heavy atom. The topological polar surface area (TPSA) is 12.0 Å². The Balaban J connectivity index is 2.28. The molecule has 1 aliphatic heterocycles. The Morgan fingerprint density at radius 3 is 2.93 bits per heavy atom. The van der Waals surface area contributed by atoms with Crippen molar-refractivity contribution in [2.24, 2.45) is 0 Å². The van der Waals surface area contributed by atoms with Crippen LogP contribution in [0.1, 0.15) is 49.3 Å². The van der Waals surface area contributed by atoms with E-state index in [1.54, 1.807) is 5.56 Å². The molecule has 1 aliphatic rings. The van der Waals surface area contributed by atoms with E-state index in [4.69, 9.17) is 0 Å². The molecule has 0 amide bonds. The molecule has 0 fully saturated rings. The molecule has 0 aliphatic carbocycles. The summed E-state index contributed by atoms with van der Waals surface area (Å²) in [6.45, 7) is 6.71. The molecule has 1 aromatic carbocycles. The van der Waals surface area contributed by atoms with Crippen LogP contribution in [0, 0.1) is 0 Å². The zero-order valence-corrected chi connectivity index (χ0v) is 9.84. The molecule has 1 unspecified atom stereocenters. The van der Waals surface area contributed by atoms with Crippen LogP contribution in [-0.2, 0) is 13.0 Å². The monoisotopic (exact) mass is 203 g/mol. The van der Waals surface area contributed by atoms with E-state index in [1.807, 2.05) is 0 Å². The van der Waals surface area contributed by atoms with Crippen LogP contribution >= 0.6 is 0 Å². The predicted molar refractivity (Wildman–Crippen MR) is 65.2 cm³/mol. The fraction of sp³-hybridized carbons (Fsp3) is 0.571. The van der Waals surface area contributed by atoms with Crippen molar-refractivity contribution in [1.82, 2.24) is 5.32 Å². The van der Waals surface area contributed by atoms with Crippen LogP contribution in [0.4, 0.5) is 0 Å². The Morgan fingerprint density at radius 2 is 2.20 bits per heavy atom. The zero-order chi connectivity index (χ0) is 10.7. The summed E-state index contributed by atoms with van der Waals surface area (Å²) in [7, 11) is 0. The number of hydrogen-bond acceptors (Lipinski definition) is 1. The Hall–Kier alpha value is -0.820. The van der Waals surface area contributed by atoms with Crippen LogP contribution in [0.3, 0.4) is 0 Å². The fourth-order valence-corrected chi connectivity index (χ4v) is 2.53. The highest BCUT2D eigenvalue weighted by atomic mass is 14.9. The molecule has 1 heterocycles. The molecule has 82 valence electrons. The maximum Gasteiger partial charge on any atom is 0.0208 e. The lowest BCUT2D eigenvalue weighted by molar-refractivity contribution is 0.509. The number of benzene rings is 1. The minimum Gasteiger partial charge on any atom is -0.312 e. The first kappa shape index (κ1) is 10.7. The lowest BCUT2D eigenvalue weighted by Crippen LogP contribution is -2.28. The third-order valence-corrected chi connectivity index (χ3v) is 3.40. The van der Waals surface area contributed by atoms with Crippen molar-refractivity contribution in [1.29, 1.82) is 0 Å². The second-order valence-electron chi connectivity index (χ2n) is 4.50. The maximum absolute atomic E-state index is 3.53. The molecule has 0 spiro atoms. The molecule has 1 atom stereocenters. The molecular weight excluding hydrogens is 182 g/mol. The third-order valence-electron chi connectivity index (χ3n) is 3.40. The van der Waals surface area contributed by atoms with Crippen molar-refractivity contribution in [3.05, 3.63) is 34.9 Å². The summed E-state index contributed by atoms with van der Waals surface area (Å²) in [6.07, 6.45) is 3.73. The van der Waals surface area contributed by atoms with Gasteiger partial charge in [0.25, 0.3) is 0 Å². The maximum atomic E-state index is 3.53. The predicted octanol–water partition coefficient (Wildman–Crippen LogP) is 3.24. The number of fused-ring (bicyclic) bond motifs is 1. The zero-order valence-electron chi connectivity index (χ0n) is 9.84. The van der Waals surface area contributed by atoms with Gasteiger partial charge in [0.15, 0.2) is 0 Å². The molecule has 0 radical (unpaired) electrons. The van der Waals surface area contributed by atoms with Crippen LogP contribution in [0.25, 0.3) is 0 Å². The highest BCUT2D eigenvalue weighted by molar-refractivity contribution is 5.36. The van der Waals surface area contributed by atoms with Gasteiger partial charge in [0.1, 0.15) is 0 Å². The number of rotatable bonds is 3.